The number of likely N-dealkylation sites (N-methyl/N-ethyl adjacent to an activating group) is 1. The number of Topliss-reactive ketones (excluding diaryl/α,β-unsaturated/α-hetero) is 2. The number of rotatable bonds is 4. The maximum atomic E-state index is 14.2. The van der Waals surface area contributed by atoms with Gasteiger partial charge in [-0.15, -0.1) is 0 Å². The second-order valence-corrected chi connectivity index (χ2v) is 12.4. The van der Waals surface area contributed by atoms with Crippen LogP contribution in [0.25, 0.3) is 16.5 Å². The first kappa shape index (κ1) is 31.2. The van der Waals surface area contributed by atoms with E-state index in [0.29, 0.717) is 11.3 Å². The lowest BCUT2D eigenvalue weighted by Crippen LogP contribution is -2.76. The highest BCUT2D eigenvalue weighted by molar-refractivity contribution is 6.25. The van der Waals surface area contributed by atoms with Crippen LogP contribution in [-0.2, 0) is 14.4 Å². The molecule has 3 amide bonds. The van der Waals surface area contributed by atoms with Gasteiger partial charge in [-0.2, -0.15) is 0 Å². The first-order valence-corrected chi connectivity index (χ1v) is 14.7. The van der Waals surface area contributed by atoms with Gasteiger partial charge in [-0.25, -0.2) is 4.79 Å². The van der Waals surface area contributed by atoms with Gasteiger partial charge in [0.1, 0.15) is 17.4 Å². The highest BCUT2D eigenvalue weighted by Gasteiger charge is 2.71. The Bertz CT molecular complexity index is 1850. The molecule has 0 spiro atoms. The molecular weight excluding hydrogens is 596 g/mol. The summed E-state index contributed by atoms with van der Waals surface area (Å²) >= 11 is 0. The number of amides is 3. The van der Waals surface area contributed by atoms with Gasteiger partial charge in [-0.05, 0) is 43.1 Å². The number of anilines is 2. The van der Waals surface area contributed by atoms with Crippen LogP contribution in [0.3, 0.4) is 0 Å². The Labute approximate surface area is 262 Å². The predicted octanol–water partition coefficient (Wildman–Crippen LogP) is 1.46. The normalized spacial score (nSPS) is 30.5. The summed E-state index contributed by atoms with van der Waals surface area (Å²) in [6.07, 6.45) is -3.41. The number of phenolic OH excluding ortho intramolecular Hbond substituents is 1. The largest absolute Gasteiger partial charge is 0.507 e. The molecular formula is C33H34N4O9. The van der Waals surface area contributed by atoms with Crippen molar-refractivity contribution >= 4 is 51.4 Å². The molecule has 8 atom stereocenters. The summed E-state index contributed by atoms with van der Waals surface area (Å²) in [7, 11) is 2.98. The first-order chi connectivity index (χ1) is 21.7. The molecule has 3 aromatic carbocycles. The van der Waals surface area contributed by atoms with Gasteiger partial charge in [0.05, 0.1) is 29.1 Å². The number of carbonyl (C=O) groups is 4. The highest BCUT2D eigenvalue weighted by atomic mass is 16.3. The maximum Gasteiger partial charge on any atom is 0.323 e. The molecule has 6 rings (SSSR count). The Morgan fingerprint density at radius 1 is 0.913 bits per heavy atom. The summed E-state index contributed by atoms with van der Waals surface area (Å²) < 4.78 is 0. The zero-order chi connectivity index (χ0) is 33.4. The summed E-state index contributed by atoms with van der Waals surface area (Å²) in [5, 5.41) is 64.4. The van der Waals surface area contributed by atoms with Crippen LogP contribution in [0.1, 0.15) is 24.0 Å². The molecule has 2 saturated carbocycles. The number of primary amides is 1. The molecule has 9 N–H and O–H groups in total. The minimum atomic E-state index is -3.03. The van der Waals surface area contributed by atoms with Crippen molar-refractivity contribution in [1.82, 2.24) is 4.90 Å². The van der Waals surface area contributed by atoms with Crippen molar-refractivity contribution in [3.63, 3.8) is 0 Å². The van der Waals surface area contributed by atoms with Crippen LogP contribution in [0, 0.1) is 17.8 Å². The Morgan fingerprint density at radius 2 is 1.57 bits per heavy atom. The number of hydrogen-bond donors (Lipinski definition) is 8. The van der Waals surface area contributed by atoms with Crippen molar-refractivity contribution in [3.05, 3.63) is 71.3 Å². The van der Waals surface area contributed by atoms with Crippen LogP contribution in [0.4, 0.5) is 16.2 Å². The van der Waals surface area contributed by atoms with E-state index >= 15 is 0 Å². The molecule has 3 aliphatic carbocycles. The van der Waals surface area contributed by atoms with E-state index in [1.807, 2.05) is 30.3 Å². The molecule has 3 aliphatic rings. The van der Waals surface area contributed by atoms with Crippen LogP contribution in [0.15, 0.2) is 60.2 Å². The van der Waals surface area contributed by atoms with Gasteiger partial charge in [-0.3, -0.25) is 14.4 Å². The third-order valence-corrected chi connectivity index (χ3v) is 9.78. The minimum Gasteiger partial charge on any atom is -0.507 e. The number of phenols is 1. The van der Waals surface area contributed by atoms with E-state index in [9.17, 15) is 44.7 Å². The van der Waals surface area contributed by atoms with E-state index in [-0.39, 0.29) is 11.3 Å². The lowest BCUT2D eigenvalue weighted by atomic mass is 9.52. The topological polar surface area (TPSA) is 223 Å². The van der Waals surface area contributed by atoms with Gasteiger partial charge in [0, 0.05) is 28.8 Å². The number of ketones is 2. The van der Waals surface area contributed by atoms with Crippen molar-refractivity contribution in [2.75, 3.05) is 24.7 Å². The summed E-state index contributed by atoms with van der Waals surface area (Å²) in [6, 6.07) is 13.7. The smallest absolute Gasteiger partial charge is 0.323 e. The van der Waals surface area contributed by atoms with Gasteiger partial charge < -0.3 is 46.8 Å². The van der Waals surface area contributed by atoms with E-state index in [1.165, 1.54) is 31.1 Å². The number of benzene rings is 3. The fourth-order valence-corrected chi connectivity index (χ4v) is 7.69. The minimum absolute atomic E-state index is 0.118. The molecule has 46 heavy (non-hydrogen) atoms. The van der Waals surface area contributed by atoms with Crippen LogP contribution in [-0.4, -0.2) is 91.9 Å². The molecule has 0 saturated heterocycles. The lowest BCUT2D eigenvalue weighted by Gasteiger charge is -2.56. The van der Waals surface area contributed by atoms with Gasteiger partial charge in [0.2, 0.25) is 11.7 Å². The maximum absolute atomic E-state index is 14.2. The van der Waals surface area contributed by atoms with E-state index in [0.717, 1.165) is 10.8 Å². The zero-order valence-corrected chi connectivity index (χ0v) is 25.1. The molecule has 0 aromatic heterocycles. The second-order valence-electron chi connectivity index (χ2n) is 12.4. The standard InChI is InChI=1S/C33H34N4O9/c1-13-15-11-12-18(36-32(45)35-17-10-6-8-14-7-4-5-9-16(14)17)25(38)20(15)26(39)21-19(13)27(40)23-24(37(2)3)28(41)22(31(34)44)30(43)33(23,46)29(21)42/h4-13,19,22-24,27-28,38-41,46H,1-3H3,(H2,34,44)(H2,35,36,45)/t13-,19?,22?,23?,24?,27-,28?,33-/m0/s1. The predicted molar refractivity (Wildman–Crippen MR) is 167 cm³/mol. The highest BCUT2D eigenvalue weighted by Crippen LogP contribution is 2.56. The number of urea groups is 1. The summed E-state index contributed by atoms with van der Waals surface area (Å²) in [6.45, 7) is 1.63. The van der Waals surface area contributed by atoms with Crippen LogP contribution < -0.4 is 16.4 Å². The molecule has 0 aliphatic heterocycles. The molecule has 13 nitrogen and oxygen atoms in total. The summed E-state index contributed by atoms with van der Waals surface area (Å²) in [5.41, 5.74) is 2.33. The zero-order valence-electron chi connectivity index (χ0n) is 25.1. The lowest BCUT2D eigenvalue weighted by molar-refractivity contribution is -0.199. The van der Waals surface area contributed by atoms with E-state index in [2.05, 4.69) is 10.6 Å². The molecule has 0 bridgehead atoms. The fourth-order valence-electron chi connectivity index (χ4n) is 7.69. The Hall–Kier alpha value is -4.82. The van der Waals surface area contributed by atoms with Gasteiger partial charge in [0.15, 0.2) is 11.4 Å². The third kappa shape index (κ3) is 4.31. The van der Waals surface area contributed by atoms with Crippen LogP contribution in [0.5, 0.6) is 5.75 Å². The van der Waals surface area contributed by atoms with Crippen molar-refractivity contribution < 1.29 is 44.7 Å². The quantitative estimate of drug-likeness (QED) is 0.153. The van der Waals surface area contributed by atoms with Gasteiger partial charge >= 0.3 is 6.03 Å². The summed E-state index contributed by atoms with van der Waals surface area (Å²) in [5.74, 6) is -10.8. The summed E-state index contributed by atoms with van der Waals surface area (Å²) in [4.78, 5) is 54.4. The SMILES string of the molecule is C[C@H]1c2ccc(NC(=O)Nc3cccc4ccccc34)c(O)c2C(O)=C2C(=O)[C@]3(O)C(=O)C(C(N)=O)C(O)C(N(C)C)C3[C@@H](O)C21. The molecule has 0 radical (unpaired) electrons. The molecule has 2 fully saturated rings. The van der Waals surface area contributed by atoms with E-state index < -0.39 is 88.1 Å². The first-order valence-electron chi connectivity index (χ1n) is 14.7. The average molecular weight is 631 g/mol. The number of carbonyl (C=O) groups excluding carboxylic acids is 4. The van der Waals surface area contributed by atoms with Crippen molar-refractivity contribution in [2.45, 2.75) is 36.7 Å². The third-order valence-electron chi connectivity index (χ3n) is 9.78. The number of nitrogens with zero attached hydrogens (tertiary/aromatic N) is 1. The van der Waals surface area contributed by atoms with Crippen LogP contribution in [0.2, 0.25) is 0 Å². The van der Waals surface area contributed by atoms with E-state index in [4.69, 9.17) is 5.73 Å². The number of hydrogen-bond acceptors (Lipinski definition) is 10. The second kappa shape index (κ2) is 10.9. The Morgan fingerprint density at radius 3 is 2.24 bits per heavy atom. The number of aliphatic hydroxyl groups excluding tert-OH is 3. The number of fused-ring (bicyclic) bond motifs is 4. The van der Waals surface area contributed by atoms with Gasteiger partial charge in [0.25, 0.3) is 0 Å². The molecule has 0 heterocycles. The Balaban J connectivity index is 1.41. The number of aromatic hydroxyl groups is 1. The van der Waals surface area contributed by atoms with Crippen LogP contribution >= 0.6 is 0 Å². The molecule has 3 aromatic rings. The monoisotopic (exact) mass is 630 g/mol. The number of nitrogens with one attached hydrogen (secondary N) is 2. The van der Waals surface area contributed by atoms with Crippen molar-refractivity contribution in [1.29, 1.82) is 0 Å². The molecule has 13 heteroatoms. The molecule has 5 unspecified atom stereocenters. The van der Waals surface area contributed by atoms with Crippen molar-refractivity contribution in [3.8, 4) is 5.75 Å². The van der Waals surface area contributed by atoms with Gasteiger partial charge in [-0.1, -0.05) is 49.4 Å². The molecule has 240 valence electrons. The number of aliphatic hydroxyl groups is 4. The fraction of sp³-hybridized carbons (Fsp3) is 0.333. The average Bonchev–Trinajstić information content (AvgIpc) is 3.00. The van der Waals surface area contributed by atoms with Crippen molar-refractivity contribution in [2.24, 2.45) is 23.5 Å². The Kier molecular flexibility index (Phi) is 7.40. The van der Waals surface area contributed by atoms with E-state index in [1.54, 1.807) is 19.1 Å². The number of nitrogens with two attached hydrogens (primary N) is 1.